The Kier molecular flexibility index (Phi) is 1.92. The molecule has 0 atom stereocenters. The van der Waals surface area contributed by atoms with E-state index in [2.05, 4.69) is 10.2 Å². The van der Waals surface area contributed by atoms with Crippen molar-refractivity contribution in [2.24, 2.45) is 0 Å². The van der Waals surface area contributed by atoms with Crippen LogP contribution in [-0.2, 0) is 6.42 Å². The summed E-state index contributed by atoms with van der Waals surface area (Å²) in [5, 5.41) is 6.46. The first-order chi connectivity index (χ1) is 8.09. The number of rotatable bonds is 1. The largest absolute Gasteiger partial charge is 0.315 e. The van der Waals surface area contributed by atoms with Gasteiger partial charge >= 0.3 is 5.92 Å². The van der Waals surface area contributed by atoms with Gasteiger partial charge in [-0.3, -0.25) is 9.89 Å². The molecular weight excluding hydrogens is 226 g/mol. The Morgan fingerprint density at radius 1 is 1.24 bits per heavy atom. The van der Waals surface area contributed by atoms with Crippen molar-refractivity contribution in [3.8, 4) is 11.3 Å². The molecule has 0 saturated heterocycles. The fourth-order valence-electron chi connectivity index (χ4n) is 2.04. The van der Waals surface area contributed by atoms with Gasteiger partial charge in [0.25, 0.3) is 0 Å². The summed E-state index contributed by atoms with van der Waals surface area (Å²) in [5.41, 5.74) is 1.22. The highest BCUT2D eigenvalue weighted by Crippen LogP contribution is 2.38. The van der Waals surface area contributed by atoms with Gasteiger partial charge in [-0.05, 0) is 0 Å². The molecule has 1 aromatic heterocycles. The molecule has 3 rings (SSSR count). The summed E-state index contributed by atoms with van der Waals surface area (Å²) in [6.07, 6.45) is -0.582. The van der Waals surface area contributed by atoms with Crippen LogP contribution in [0.1, 0.15) is 16.1 Å². The van der Waals surface area contributed by atoms with Crippen LogP contribution in [0.4, 0.5) is 8.78 Å². The van der Waals surface area contributed by atoms with E-state index in [9.17, 15) is 13.6 Å². The number of hydrogen-bond acceptors (Lipinski definition) is 2. The highest BCUT2D eigenvalue weighted by Gasteiger charge is 2.49. The fourth-order valence-corrected chi connectivity index (χ4v) is 2.04. The number of H-pyrrole nitrogens is 1. The minimum absolute atomic E-state index is 0.0289. The molecule has 1 N–H and O–H groups in total. The Labute approximate surface area is 95.5 Å². The number of carbonyl (C=O) groups is 1. The lowest BCUT2D eigenvalue weighted by Gasteiger charge is -2.05. The number of benzene rings is 1. The van der Waals surface area contributed by atoms with Crippen molar-refractivity contribution >= 4 is 5.78 Å². The number of carbonyl (C=O) groups excluding carboxylic acids is 1. The number of aromatic nitrogens is 2. The number of alkyl halides is 2. The van der Waals surface area contributed by atoms with Gasteiger partial charge in [0.1, 0.15) is 5.69 Å². The van der Waals surface area contributed by atoms with Crippen LogP contribution in [0.3, 0.4) is 0 Å². The molecule has 0 amide bonds. The second kappa shape index (κ2) is 3.23. The van der Waals surface area contributed by atoms with Crippen molar-refractivity contribution in [1.29, 1.82) is 0 Å². The third-order valence-electron chi connectivity index (χ3n) is 2.85. The first-order valence-electron chi connectivity index (χ1n) is 5.15. The van der Waals surface area contributed by atoms with Crippen LogP contribution in [0.2, 0.25) is 0 Å². The lowest BCUT2D eigenvalue weighted by Crippen LogP contribution is -2.24. The van der Waals surface area contributed by atoms with Crippen LogP contribution in [0, 0.1) is 0 Å². The maximum atomic E-state index is 13.3. The molecule has 1 heterocycles. The molecule has 86 valence electrons. The third kappa shape index (κ3) is 1.39. The molecule has 17 heavy (non-hydrogen) atoms. The molecule has 0 radical (unpaired) electrons. The van der Waals surface area contributed by atoms with E-state index in [4.69, 9.17) is 0 Å². The van der Waals surface area contributed by atoms with Gasteiger partial charge in [0, 0.05) is 5.56 Å². The minimum atomic E-state index is -3.30. The highest BCUT2D eigenvalue weighted by atomic mass is 19.3. The predicted octanol–water partition coefficient (Wildman–Crippen LogP) is 2.45. The van der Waals surface area contributed by atoms with E-state index in [0.29, 0.717) is 11.3 Å². The summed E-state index contributed by atoms with van der Waals surface area (Å²) in [7, 11) is 0. The fraction of sp³-hybridized carbons (Fsp3) is 0.167. The molecule has 1 aliphatic rings. The van der Waals surface area contributed by atoms with Gasteiger partial charge in [-0.1, -0.05) is 30.3 Å². The standard InChI is InChI=1S/C12H8F2N2O/c13-12(14)6-8-9(11(12)17)10(16-15-8)7-4-2-1-3-5-7/h1-5H,6H2,(H,15,16). The van der Waals surface area contributed by atoms with Crippen LogP contribution in [0.15, 0.2) is 30.3 Å². The monoisotopic (exact) mass is 234 g/mol. The van der Waals surface area contributed by atoms with E-state index < -0.39 is 18.1 Å². The molecule has 0 spiro atoms. The molecule has 2 aromatic rings. The normalized spacial score (nSPS) is 17.2. The van der Waals surface area contributed by atoms with Gasteiger partial charge in [0.2, 0.25) is 5.78 Å². The van der Waals surface area contributed by atoms with Crippen molar-refractivity contribution in [2.45, 2.75) is 12.3 Å². The highest BCUT2D eigenvalue weighted by molar-refractivity contribution is 6.09. The minimum Gasteiger partial charge on any atom is -0.287 e. The van der Waals surface area contributed by atoms with Crippen molar-refractivity contribution < 1.29 is 13.6 Å². The first-order valence-corrected chi connectivity index (χ1v) is 5.15. The van der Waals surface area contributed by atoms with Crippen LogP contribution < -0.4 is 0 Å². The molecule has 1 aliphatic carbocycles. The first kappa shape index (κ1) is 10.1. The molecule has 0 aliphatic heterocycles. The number of ketones is 1. The van der Waals surface area contributed by atoms with E-state index in [1.165, 1.54) is 0 Å². The Morgan fingerprint density at radius 3 is 2.65 bits per heavy atom. The number of hydrogen-bond donors (Lipinski definition) is 1. The van der Waals surface area contributed by atoms with Crippen LogP contribution in [0.5, 0.6) is 0 Å². The van der Waals surface area contributed by atoms with Crippen molar-refractivity contribution in [1.82, 2.24) is 10.2 Å². The molecule has 0 fully saturated rings. The second-order valence-corrected chi connectivity index (χ2v) is 4.00. The van der Waals surface area contributed by atoms with Gasteiger partial charge < -0.3 is 0 Å². The Balaban J connectivity index is 2.16. The number of nitrogens with zero attached hydrogens (tertiary/aromatic N) is 1. The maximum absolute atomic E-state index is 13.3. The van der Waals surface area contributed by atoms with Crippen molar-refractivity contribution in [3.63, 3.8) is 0 Å². The zero-order valence-corrected chi connectivity index (χ0v) is 8.71. The third-order valence-corrected chi connectivity index (χ3v) is 2.85. The van der Waals surface area contributed by atoms with Crippen molar-refractivity contribution in [3.05, 3.63) is 41.6 Å². The average molecular weight is 234 g/mol. The molecule has 0 bridgehead atoms. The number of aromatic amines is 1. The molecule has 5 heteroatoms. The summed E-state index contributed by atoms with van der Waals surface area (Å²) in [6, 6.07) is 8.83. The van der Waals surface area contributed by atoms with Gasteiger partial charge in [-0.2, -0.15) is 13.9 Å². The van der Waals surface area contributed by atoms with Gasteiger partial charge in [-0.15, -0.1) is 0 Å². The molecule has 0 unspecified atom stereocenters. The summed E-state index contributed by atoms with van der Waals surface area (Å²) in [6.45, 7) is 0. The van der Waals surface area contributed by atoms with Gasteiger partial charge in [0.05, 0.1) is 17.7 Å². The van der Waals surface area contributed by atoms with Crippen LogP contribution in [-0.4, -0.2) is 21.9 Å². The molecule has 1 aromatic carbocycles. The molecular formula is C12H8F2N2O. The zero-order valence-electron chi connectivity index (χ0n) is 8.71. The lowest BCUT2D eigenvalue weighted by molar-refractivity contribution is 0.0163. The van der Waals surface area contributed by atoms with Crippen LogP contribution >= 0.6 is 0 Å². The average Bonchev–Trinajstić information content (AvgIpc) is 2.80. The molecule has 0 saturated carbocycles. The van der Waals surface area contributed by atoms with E-state index in [0.717, 1.165) is 0 Å². The quantitative estimate of drug-likeness (QED) is 0.823. The smallest absolute Gasteiger partial charge is 0.287 e. The lowest BCUT2D eigenvalue weighted by atomic mass is 10.1. The van der Waals surface area contributed by atoms with E-state index in [1.807, 2.05) is 6.07 Å². The topological polar surface area (TPSA) is 45.8 Å². The number of halogens is 2. The number of nitrogens with one attached hydrogen (secondary N) is 1. The predicted molar refractivity (Wildman–Crippen MR) is 57.0 cm³/mol. The Morgan fingerprint density at radius 2 is 1.94 bits per heavy atom. The summed E-state index contributed by atoms with van der Waals surface area (Å²) in [5.74, 6) is -4.44. The Hall–Kier alpha value is -2.04. The summed E-state index contributed by atoms with van der Waals surface area (Å²) in [4.78, 5) is 11.6. The zero-order chi connectivity index (χ0) is 12.0. The second-order valence-electron chi connectivity index (χ2n) is 4.00. The number of fused-ring (bicyclic) bond motifs is 1. The summed E-state index contributed by atoms with van der Waals surface area (Å²) < 4.78 is 26.5. The van der Waals surface area contributed by atoms with E-state index in [-0.39, 0.29) is 11.3 Å². The Bertz CT molecular complexity index is 590. The maximum Gasteiger partial charge on any atom is 0.315 e. The van der Waals surface area contributed by atoms with E-state index in [1.54, 1.807) is 24.3 Å². The summed E-state index contributed by atoms with van der Waals surface area (Å²) >= 11 is 0. The number of Topliss-reactive ketones (excluding diaryl/α,β-unsaturated/α-hetero) is 1. The van der Waals surface area contributed by atoms with Crippen LogP contribution in [0.25, 0.3) is 11.3 Å². The van der Waals surface area contributed by atoms with Gasteiger partial charge in [0.15, 0.2) is 0 Å². The van der Waals surface area contributed by atoms with Gasteiger partial charge in [-0.25, -0.2) is 0 Å². The van der Waals surface area contributed by atoms with Crippen molar-refractivity contribution in [2.75, 3.05) is 0 Å². The SMILES string of the molecule is O=C1c2c(-c3ccccc3)n[nH]c2CC1(F)F. The molecule has 3 nitrogen and oxygen atoms in total. The van der Waals surface area contributed by atoms with E-state index >= 15 is 0 Å².